The third-order valence-electron chi connectivity index (χ3n) is 5.57. The number of para-hydroxylation sites is 1. The van der Waals surface area contributed by atoms with Crippen molar-refractivity contribution < 1.29 is 14.5 Å². The average Bonchev–Trinajstić information content (AvgIpc) is 2.82. The fourth-order valence-electron chi connectivity index (χ4n) is 3.90. The number of carbonyl (C=O) groups is 2. The number of carbonyl (C=O) groups excluding carboxylic acids is 2. The zero-order valence-corrected chi connectivity index (χ0v) is 21.4. The van der Waals surface area contributed by atoms with Crippen molar-refractivity contribution in [3.05, 3.63) is 111 Å². The summed E-state index contributed by atoms with van der Waals surface area (Å²) in [6.45, 7) is 5.78. The minimum absolute atomic E-state index is 0.129. The molecule has 0 aromatic heterocycles. The molecule has 2 amide bonds. The Morgan fingerprint density at radius 3 is 2.17 bits per heavy atom. The van der Waals surface area contributed by atoms with Gasteiger partial charge in [0.1, 0.15) is 6.04 Å². The normalized spacial score (nSPS) is 12.0. The molecule has 1 N–H and O–H groups in total. The maximum atomic E-state index is 13.8. The van der Waals surface area contributed by atoms with E-state index in [0.29, 0.717) is 17.0 Å². The molecule has 0 radical (unpaired) electrons. The van der Waals surface area contributed by atoms with Gasteiger partial charge in [-0.05, 0) is 44.0 Å². The van der Waals surface area contributed by atoms with Crippen molar-refractivity contribution in [3.63, 3.8) is 0 Å². The van der Waals surface area contributed by atoms with Gasteiger partial charge in [-0.3, -0.25) is 19.7 Å². The maximum absolute atomic E-state index is 13.8. The van der Waals surface area contributed by atoms with Crippen LogP contribution in [0.4, 0.5) is 5.69 Å². The molecule has 0 unspecified atom stereocenters. The quantitative estimate of drug-likeness (QED) is 0.312. The van der Waals surface area contributed by atoms with Gasteiger partial charge in [-0.2, -0.15) is 0 Å². The van der Waals surface area contributed by atoms with Gasteiger partial charge in [0.05, 0.1) is 11.3 Å². The van der Waals surface area contributed by atoms with Gasteiger partial charge >= 0.3 is 0 Å². The number of nitrogens with one attached hydrogen (secondary N) is 1. The van der Waals surface area contributed by atoms with Gasteiger partial charge in [0.25, 0.3) is 5.69 Å². The Morgan fingerprint density at radius 1 is 0.944 bits per heavy atom. The lowest BCUT2D eigenvalue weighted by Crippen LogP contribution is -2.54. The maximum Gasteiger partial charge on any atom is 0.273 e. The predicted octanol–water partition coefficient (Wildman–Crippen LogP) is 5.35. The zero-order chi connectivity index (χ0) is 26.3. The SMILES string of the molecule is CC(C)(C)NC(=O)[C@@H](Cc1ccccc1)N(Cc1ccc(Cl)cc1)C(=O)Cc1ccccc1[N+](=O)[O-]. The predicted molar refractivity (Wildman–Crippen MR) is 141 cm³/mol. The highest BCUT2D eigenvalue weighted by atomic mass is 35.5. The molecule has 0 aliphatic heterocycles. The van der Waals surface area contributed by atoms with Crippen molar-refractivity contribution in [2.24, 2.45) is 0 Å². The third kappa shape index (κ3) is 7.65. The van der Waals surface area contributed by atoms with Gasteiger partial charge in [-0.25, -0.2) is 0 Å². The summed E-state index contributed by atoms with van der Waals surface area (Å²) in [6, 6.07) is 21.8. The number of halogens is 1. The molecule has 0 aliphatic carbocycles. The summed E-state index contributed by atoms with van der Waals surface area (Å²) in [7, 11) is 0. The van der Waals surface area contributed by atoms with Crippen LogP contribution in [0.1, 0.15) is 37.5 Å². The fourth-order valence-corrected chi connectivity index (χ4v) is 4.02. The van der Waals surface area contributed by atoms with E-state index in [4.69, 9.17) is 11.6 Å². The molecule has 0 aliphatic rings. The summed E-state index contributed by atoms with van der Waals surface area (Å²) in [5.41, 5.74) is 1.33. The number of benzene rings is 3. The molecular formula is C28H30ClN3O4. The Morgan fingerprint density at radius 2 is 1.56 bits per heavy atom. The topological polar surface area (TPSA) is 92.6 Å². The van der Waals surface area contributed by atoms with Crippen molar-refractivity contribution in [2.45, 2.75) is 51.7 Å². The summed E-state index contributed by atoms with van der Waals surface area (Å²) in [6.07, 6.45) is 0.0811. The highest BCUT2D eigenvalue weighted by Crippen LogP contribution is 2.22. The third-order valence-corrected chi connectivity index (χ3v) is 5.82. The minimum Gasteiger partial charge on any atom is -0.350 e. The molecule has 0 fully saturated rings. The highest BCUT2D eigenvalue weighted by Gasteiger charge is 2.33. The molecule has 188 valence electrons. The van der Waals surface area contributed by atoms with Crippen LogP contribution >= 0.6 is 11.6 Å². The largest absolute Gasteiger partial charge is 0.350 e. The smallest absolute Gasteiger partial charge is 0.273 e. The van der Waals surface area contributed by atoms with Crippen molar-refractivity contribution in [3.8, 4) is 0 Å². The second-order valence-corrected chi connectivity index (χ2v) is 10.1. The van der Waals surface area contributed by atoms with E-state index < -0.39 is 16.5 Å². The first kappa shape index (κ1) is 26.9. The van der Waals surface area contributed by atoms with Crippen molar-refractivity contribution in [1.82, 2.24) is 10.2 Å². The average molecular weight is 508 g/mol. The van der Waals surface area contributed by atoms with Gasteiger partial charge in [0.2, 0.25) is 11.8 Å². The Balaban J connectivity index is 2.02. The van der Waals surface area contributed by atoms with Crippen LogP contribution < -0.4 is 5.32 Å². The second kappa shape index (κ2) is 11.8. The zero-order valence-electron chi connectivity index (χ0n) is 20.6. The van der Waals surface area contributed by atoms with E-state index in [9.17, 15) is 19.7 Å². The van der Waals surface area contributed by atoms with Crippen molar-refractivity contribution in [1.29, 1.82) is 0 Å². The molecule has 0 saturated carbocycles. The fraction of sp³-hybridized carbons (Fsp3) is 0.286. The van der Waals surface area contributed by atoms with E-state index in [1.54, 1.807) is 42.5 Å². The number of nitro benzene ring substituents is 1. The highest BCUT2D eigenvalue weighted by molar-refractivity contribution is 6.30. The van der Waals surface area contributed by atoms with Gasteiger partial charge in [0.15, 0.2) is 0 Å². The number of amides is 2. The van der Waals surface area contributed by atoms with Crippen LogP contribution in [0.3, 0.4) is 0 Å². The number of nitrogens with zero attached hydrogens (tertiary/aromatic N) is 2. The first-order valence-corrected chi connectivity index (χ1v) is 12.0. The molecule has 3 rings (SSSR count). The first-order valence-electron chi connectivity index (χ1n) is 11.7. The molecule has 3 aromatic rings. The summed E-state index contributed by atoms with van der Waals surface area (Å²) in [5.74, 6) is -0.680. The number of hydrogen-bond acceptors (Lipinski definition) is 4. The van der Waals surface area contributed by atoms with Crippen LogP contribution in [0, 0.1) is 10.1 Å². The van der Waals surface area contributed by atoms with E-state index in [-0.39, 0.29) is 30.5 Å². The summed E-state index contributed by atoms with van der Waals surface area (Å²) in [5, 5.41) is 15.1. The number of rotatable bonds is 9. The molecule has 0 saturated heterocycles. The number of hydrogen-bond donors (Lipinski definition) is 1. The molecule has 36 heavy (non-hydrogen) atoms. The van der Waals surface area contributed by atoms with Gasteiger partial charge < -0.3 is 10.2 Å². The monoisotopic (exact) mass is 507 g/mol. The van der Waals surface area contributed by atoms with Gasteiger partial charge in [-0.15, -0.1) is 0 Å². The van der Waals surface area contributed by atoms with Crippen molar-refractivity contribution >= 4 is 29.1 Å². The van der Waals surface area contributed by atoms with Crippen LogP contribution in [0.15, 0.2) is 78.9 Å². The lowest BCUT2D eigenvalue weighted by atomic mass is 9.99. The Hall–Kier alpha value is -3.71. The van der Waals surface area contributed by atoms with E-state index in [1.807, 2.05) is 51.1 Å². The summed E-state index contributed by atoms with van der Waals surface area (Å²) in [4.78, 5) is 39.9. The van der Waals surface area contributed by atoms with E-state index in [0.717, 1.165) is 11.1 Å². The standard InChI is InChI=1S/C28H30ClN3O4/c1-28(2,3)30-27(34)25(17-20-9-5-4-6-10-20)31(19-21-13-15-23(29)16-14-21)26(33)18-22-11-7-8-12-24(22)32(35)36/h4-16,25H,17-19H2,1-3H3,(H,30,34)/t25-/m1/s1. The second-order valence-electron chi connectivity index (χ2n) is 9.66. The molecule has 8 heteroatoms. The molecule has 0 spiro atoms. The van der Waals surface area contributed by atoms with Crippen LogP contribution in [-0.4, -0.2) is 33.2 Å². The number of nitro groups is 1. The molecule has 0 bridgehead atoms. The Kier molecular flexibility index (Phi) is 8.83. The van der Waals surface area contributed by atoms with E-state index in [2.05, 4.69) is 5.32 Å². The van der Waals surface area contributed by atoms with Crippen LogP contribution in [0.25, 0.3) is 0 Å². The van der Waals surface area contributed by atoms with Crippen molar-refractivity contribution in [2.75, 3.05) is 0 Å². The summed E-state index contributed by atoms with van der Waals surface area (Å²) >= 11 is 6.05. The lowest BCUT2D eigenvalue weighted by Gasteiger charge is -2.34. The molecule has 0 heterocycles. The van der Waals surface area contributed by atoms with Crippen LogP contribution in [0.2, 0.25) is 5.02 Å². The molecule has 7 nitrogen and oxygen atoms in total. The first-order chi connectivity index (χ1) is 17.0. The van der Waals surface area contributed by atoms with E-state index >= 15 is 0 Å². The van der Waals surface area contributed by atoms with Gasteiger partial charge in [0, 0.05) is 35.2 Å². The van der Waals surface area contributed by atoms with Crippen LogP contribution in [0.5, 0.6) is 0 Å². The van der Waals surface area contributed by atoms with Crippen LogP contribution in [-0.2, 0) is 29.0 Å². The molecular weight excluding hydrogens is 478 g/mol. The lowest BCUT2D eigenvalue weighted by molar-refractivity contribution is -0.385. The summed E-state index contributed by atoms with van der Waals surface area (Å²) < 4.78 is 0. The Labute approximate surface area is 216 Å². The van der Waals surface area contributed by atoms with E-state index in [1.165, 1.54) is 11.0 Å². The van der Waals surface area contributed by atoms with Gasteiger partial charge in [-0.1, -0.05) is 72.3 Å². The molecule has 3 aromatic carbocycles. The Bertz CT molecular complexity index is 1210. The molecule has 1 atom stereocenters. The minimum atomic E-state index is -0.836.